The van der Waals surface area contributed by atoms with Crippen LogP contribution in [0.1, 0.15) is 48.9 Å². The normalized spacial score (nSPS) is 18.5. The van der Waals surface area contributed by atoms with Crippen LogP contribution in [0.4, 0.5) is 0 Å². The van der Waals surface area contributed by atoms with Gasteiger partial charge >= 0.3 is 11.8 Å². The van der Waals surface area contributed by atoms with E-state index in [1.165, 1.54) is 12.0 Å². The molecule has 1 aromatic heterocycles. The lowest BCUT2D eigenvalue weighted by Gasteiger charge is -2.34. The van der Waals surface area contributed by atoms with Gasteiger partial charge in [-0.05, 0) is 44.7 Å². The Balaban J connectivity index is 1.80. The van der Waals surface area contributed by atoms with Crippen molar-refractivity contribution in [2.45, 2.75) is 45.6 Å². The van der Waals surface area contributed by atoms with Crippen molar-refractivity contribution < 1.29 is 9.21 Å². The quantitative estimate of drug-likeness (QED) is 0.871. The molecule has 0 saturated carbocycles. The van der Waals surface area contributed by atoms with Crippen molar-refractivity contribution in [1.29, 1.82) is 0 Å². The Hall–Kier alpha value is -2.17. The lowest BCUT2D eigenvalue weighted by Crippen LogP contribution is -2.43. The molecule has 1 aliphatic heterocycles. The first-order valence-corrected chi connectivity index (χ1v) is 7.90. The highest BCUT2D eigenvalue weighted by Gasteiger charge is 2.29. The standard InChI is InChI=1S/C17H21N3O2/c1-3-14-6-4-5-11-20(14)17(21)16-19-18-15(22-16)13-9-7-12(2)8-10-13/h7-10,14H,3-6,11H2,1-2H3. The highest BCUT2D eigenvalue weighted by atomic mass is 16.4. The highest BCUT2D eigenvalue weighted by molar-refractivity contribution is 5.90. The maximum atomic E-state index is 12.6. The summed E-state index contributed by atoms with van der Waals surface area (Å²) in [4.78, 5) is 14.5. The first kappa shape index (κ1) is 14.8. The molecule has 22 heavy (non-hydrogen) atoms. The molecule has 3 rings (SSSR count). The van der Waals surface area contributed by atoms with Crippen molar-refractivity contribution in [2.24, 2.45) is 0 Å². The third-order valence-electron chi connectivity index (χ3n) is 4.27. The molecule has 1 fully saturated rings. The summed E-state index contributed by atoms with van der Waals surface area (Å²) >= 11 is 0. The van der Waals surface area contributed by atoms with Crippen molar-refractivity contribution in [2.75, 3.05) is 6.54 Å². The lowest BCUT2D eigenvalue weighted by atomic mass is 10.00. The molecule has 5 nitrogen and oxygen atoms in total. The molecular formula is C17H21N3O2. The van der Waals surface area contributed by atoms with E-state index in [-0.39, 0.29) is 17.8 Å². The van der Waals surface area contributed by atoms with Gasteiger partial charge in [0.25, 0.3) is 0 Å². The lowest BCUT2D eigenvalue weighted by molar-refractivity contribution is 0.0568. The van der Waals surface area contributed by atoms with Gasteiger partial charge in [-0.15, -0.1) is 10.2 Å². The zero-order valence-electron chi connectivity index (χ0n) is 13.1. The van der Waals surface area contributed by atoms with E-state index in [1.54, 1.807) is 0 Å². The molecule has 0 spiro atoms. The number of aromatic nitrogens is 2. The van der Waals surface area contributed by atoms with Crippen LogP contribution in [0.3, 0.4) is 0 Å². The van der Waals surface area contributed by atoms with Crippen LogP contribution in [-0.2, 0) is 0 Å². The smallest absolute Gasteiger partial charge is 0.311 e. The zero-order chi connectivity index (χ0) is 15.5. The fourth-order valence-electron chi connectivity index (χ4n) is 2.94. The van der Waals surface area contributed by atoms with E-state index >= 15 is 0 Å². The maximum Gasteiger partial charge on any atom is 0.311 e. The summed E-state index contributed by atoms with van der Waals surface area (Å²) in [5, 5.41) is 7.97. The van der Waals surface area contributed by atoms with Crippen molar-refractivity contribution in [3.8, 4) is 11.5 Å². The van der Waals surface area contributed by atoms with E-state index in [0.29, 0.717) is 5.89 Å². The number of hydrogen-bond acceptors (Lipinski definition) is 4. The second kappa shape index (κ2) is 6.30. The Labute approximate surface area is 130 Å². The Bertz CT molecular complexity index is 648. The van der Waals surface area contributed by atoms with Gasteiger partial charge in [0.05, 0.1) is 0 Å². The number of aryl methyl sites for hydroxylation is 1. The maximum absolute atomic E-state index is 12.6. The van der Waals surface area contributed by atoms with Crippen LogP contribution in [0.2, 0.25) is 0 Å². The number of carbonyl (C=O) groups excluding carboxylic acids is 1. The molecule has 116 valence electrons. The van der Waals surface area contributed by atoms with E-state index in [2.05, 4.69) is 17.1 Å². The summed E-state index contributed by atoms with van der Waals surface area (Å²) in [6, 6.07) is 8.10. The Morgan fingerprint density at radius 2 is 2.05 bits per heavy atom. The number of benzene rings is 1. The zero-order valence-corrected chi connectivity index (χ0v) is 13.1. The molecule has 2 aromatic rings. The Morgan fingerprint density at radius 1 is 1.27 bits per heavy atom. The molecule has 0 aliphatic carbocycles. The minimum absolute atomic E-state index is 0.0934. The first-order chi connectivity index (χ1) is 10.7. The van der Waals surface area contributed by atoms with Crippen molar-refractivity contribution in [3.63, 3.8) is 0 Å². The molecule has 1 saturated heterocycles. The second-order valence-electron chi connectivity index (χ2n) is 5.83. The fourth-order valence-corrected chi connectivity index (χ4v) is 2.94. The van der Waals surface area contributed by atoms with Crippen molar-refractivity contribution in [3.05, 3.63) is 35.7 Å². The number of hydrogen-bond donors (Lipinski definition) is 0. The van der Waals surface area contributed by atoms with Gasteiger partial charge in [0, 0.05) is 18.2 Å². The molecule has 1 amide bonds. The van der Waals surface area contributed by atoms with Gasteiger partial charge in [-0.3, -0.25) is 4.79 Å². The third-order valence-corrected chi connectivity index (χ3v) is 4.27. The van der Waals surface area contributed by atoms with Gasteiger partial charge in [0.15, 0.2) is 0 Å². The van der Waals surface area contributed by atoms with Crippen LogP contribution in [0, 0.1) is 6.92 Å². The average Bonchev–Trinajstić information content (AvgIpc) is 3.05. The van der Waals surface area contributed by atoms with Gasteiger partial charge in [-0.25, -0.2) is 0 Å². The summed E-state index contributed by atoms with van der Waals surface area (Å²) in [5.74, 6) is 0.349. The molecule has 2 heterocycles. The van der Waals surface area contributed by atoms with E-state index in [1.807, 2.05) is 36.1 Å². The summed E-state index contributed by atoms with van der Waals surface area (Å²) in [6.45, 7) is 4.91. The van der Waals surface area contributed by atoms with E-state index in [4.69, 9.17) is 4.42 Å². The molecule has 0 radical (unpaired) electrons. The van der Waals surface area contributed by atoms with Crippen LogP contribution in [0.5, 0.6) is 0 Å². The minimum atomic E-state index is -0.141. The van der Waals surface area contributed by atoms with Gasteiger partial charge < -0.3 is 9.32 Å². The number of piperidine rings is 1. The fraction of sp³-hybridized carbons (Fsp3) is 0.471. The number of carbonyl (C=O) groups is 1. The predicted molar refractivity (Wildman–Crippen MR) is 83.4 cm³/mol. The molecule has 1 aliphatic rings. The van der Waals surface area contributed by atoms with Crippen LogP contribution in [-0.4, -0.2) is 33.6 Å². The number of likely N-dealkylation sites (tertiary alicyclic amines) is 1. The van der Waals surface area contributed by atoms with Crippen LogP contribution < -0.4 is 0 Å². The summed E-state index contributed by atoms with van der Waals surface area (Å²) in [6.07, 6.45) is 4.24. The first-order valence-electron chi connectivity index (χ1n) is 7.90. The summed E-state index contributed by atoms with van der Waals surface area (Å²) < 4.78 is 5.60. The molecule has 0 N–H and O–H groups in total. The van der Waals surface area contributed by atoms with E-state index < -0.39 is 0 Å². The van der Waals surface area contributed by atoms with E-state index in [9.17, 15) is 4.79 Å². The molecule has 1 atom stereocenters. The third kappa shape index (κ3) is 2.89. The molecule has 1 aromatic carbocycles. The van der Waals surface area contributed by atoms with Crippen molar-refractivity contribution >= 4 is 5.91 Å². The minimum Gasteiger partial charge on any atom is -0.412 e. The molecule has 5 heteroatoms. The van der Waals surface area contributed by atoms with E-state index in [0.717, 1.165) is 31.4 Å². The second-order valence-corrected chi connectivity index (χ2v) is 5.83. The Kier molecular flexibility index (Phi) is 4.22. The highest BCUT2D eigenvalue weighted by Crippen LogP contribution is 2.23. The number of amides is 1. The summed E-state index contributed by atoms with van der Waals surface area (Å²) in [7, 11) is 0. The van der Waals surface area contributed by atoms with Gasteiger partial charge in [-0.1, -0.05) is 24.6 Å². The van der Waals surface area contributed by atoms with Crippen LogP contribution in [0.15, 0.2) is 28.7 Å². The molecular weight excluding hydrogens is 278 g/mol. The Morgan fingerprint density at radius 3 is 2.77 bits per heavy atom. The molecule has 0 bridgehead atoms. The van der Waals surface area contributed by atoms with Crippen LogP contribution >= 0.6 is 0 Å². The number of rotatable bonds is 3. The van der Waals surface area contributed by atoms with Crippen molar-refractivity contribution in [1.82, 2.24) is 15.1 Å². The van der Waals surface area contributed by atoms with Gasteiger partial charge in [0.2, 0.25) is 5.89 Å². The van der Waals surface area contributed by atoms with Gasteiger partial charge in [-0.2, -0.15) is 0 Å². The van der Waals surface area contributed by atoms with Crippen LogP contribution in [0.25, 0.3) is 11.5 Å². The average molecular weight is 299 g/mol. The number of nitrogens with zero attached hydrogens (tertiary/aromatic N) is 3. The monoisotopic (exact) mass is 299 g/mol. The topological polar surface area (TPSA) is 59.2 Å². The predicted octanol–water partition coefficient (Wildman–Crippen LogP) is 3.45. The summed E-state index contributed by atoms with van der Waals surface area (Å²) in [5.41, 5.74) is 2.00. The molecule has 1 unspecified atom stereocenters. The largest absolute Gasteiger partial charge is 0.412 e. The SMILES string of the molecule is CCC1CCCCN1C(=O)c1nnc(-c2ccc(C)cc2)o1. The van der Waals surface area contributed by atoms with Gasteiger partial charge in [0.1, 0.15) is 0 Å².